The van der Waals surface area contributed by atoms with E-state index in [1.807, 2.05) is 42.7 Å². The van der Waals surface area contributed by atoms with E-state index in [4.69, 9.17) is 21.3 Å². The summed E-state index contributed by atoms with van der Waals surface area (Å²) in [5.74, 6) is 1.38. The van der Waals surface area contributed by atoms with Crippen LogP contribution in [0.4, 0.5) is 0 Å². The number of amides is 2. The molecule has 4 aromatic rings. The predicted octanol–water partition coefficient (Wildman–Crippen LogP) is 5.70. The first kappa shape index (κ1) is 32.3. The number of aliphatic imine (C=N–C) groups is 1. The Morgan fingerprint density at radius 2 is 1.72 bits per heavy atom. The van der Waals surface area contributed by atoms with E-state index < -0.39 is 6.04 Å². The number of hydrogen-bond donors (Lipinski definition) is 0. The second-order valence-corrected chi connectivity index (χ2v) is 13.4. The Hall–Kier alpha value is -4.61. The van der Waals surface area contributed by atoms with Crippen molar-refractivity contribution in [2.75, 3.05) is 26.7 Å². The third-order valence-electron chi connectivity index (χ3n) is 8.74. The van der Waals surface area contributed by atoms with Gasteiger partial charge in [-0.05, 0) is 75.7 Å². The highest BCUT2D eigenvalue weighted by Gasteiger charge is 2.35. The van der Waals surface area contributed by atoms with Crippen molar-refractivity contribution in [3.8, 4) is 10.8 Å². The molecule has 0 spiro atoms. The van der Waals surface area contributed by atoms with E-state index in [1.165, 1.54) is 17.0 Å². The SMILES string of the molecule is COc1ccc(C(=O)/C=C/C(=O)N2CCN(C(=O)C[C@@H]3N=C(c4ccc(Cl)cc4)c4c(sc(C)c4C)-n4c(C)nnc43)[C@@H](C)C2)cc1. The Morgan fingerprint density at radius 3 is 2.40 bits per heavy atom. The third-order valence-corrected chi connectivity index (χ3v) is 10.2. The lowest BCUT2D eigenvalue weighted by molar-refractivity contribution is -0.140. The summed E-state index contributed by atoms with van der Waals surface area (Å²) < 4.78 is 7.17. The Balaban J connectivity index is 1.20. The number of allylic oxidation sites excluding steroid dienone is 1. The maximum absolute atomic E-state index is 13.9. The lowest BCUT2D eigenvalue weighted by Crippen LogP contribution is -2.55. The Labute approximate surface area is 282 Å². The van der Waals surface area contributed by atoms with Gasteiger partial charge in [-0.15, -0.1) is 21.5 Å². The summed E-state index contributed by atoms with van der Waals surface area (Å²) in [4.78, 5) is 49.4. The number of thiophene rings is 1. The van der Waals surface area contributed by atoms with E-state index in [2.05, 4.69) is 24.0 Å². The number of aryl methyl sites for hydroxylation is 2. The Kier molecular flexibility index (Phi) is 9.11. The van der Waals surface area contributed by atoms with Gasteiger partial charge in [0.1, 0.15) is 22.6 Å². The molecule has 10 nitrogen and oxygen atoms in total. The van der Waals surface area contributed by atoms with Gasteiger partial charge in [0.2, 0.25) is 11.8 Å². The maximum Gasteiger partial charge on any atom is 0.246 e. The van der Waals surface area contributed by atoms with Crippen LogP contribution >= 0.6 is 22.9 Å². The number of carbonyl (C=O) groups is 3. The van der Waals surface area contributed by atoms with Crippen LogP contribution in [0.2, 0.25) is 5.02 Å². The molecule has 0 saturated carbocycles. The summed E-state index contributed by atoms with van der Waals surface area (Å²) >= 11 is 7.89. The monoisotopic (exact) mass is 670 g/mol. The van der Waals surface area contributed by atoms with Crippen LogP contribution in [0.3, 0.4) is 0 Å². The van der Waals surface area contributed by atoms with Crippen molar-refractivity contribution in [2.24, 2.45) is 4.99 Å². The fourth-order valence-corrected chi connectivity index (χ4v) is 7.39. The second kappa shape index (κ2) is 13.2. The number of hydrogen-bond acceptors (Lipinski definition) is 8. The quantitative estimate of drug-likeness (QED) is 0.184. The molecule has 0 bridgehead atoms. The van der Waals surface area contributed by atoms with Crippen molar-refractivity contribution in [1.82, 2.24) is 24.6 Å². The highest BCUT2D eigenvalue weighted by Crippen LogP contribution is 2.40. The van der Waals surface area contributed by atoms with Crippen molar-refractivity contribution in [3.05, 3.63) is 104 Å². The zero-order valence-corrected chi connectivity index (χ0v) is 28.4. The van der Waals surface area contributed by atoms with Crippen LogP contribution in [-0.2, 0) is 9.59 Å². The molecule has 47 heavy (non-hydrogen) atoms. The zero-order valence-electron chi connectivity index (χ0n) is 26.9. The molecule has 242 valence electrons. The van der Waals surface area contributed by atoms with Gasteiger partial charge in [0.05, 0.1) is 19.2 Å². The minimum absolute atomic E-state index is 0.0793. The van der Waals surface area contributed by atoms with E-state index in [0.29, 0.717) is 41.8 Å². The fourth-order valence-electron chi connectivity index (χ4n) is 6.05. The fraction of sp³-hybridized carbons (Fsp3) is 0.314. The number of aromatic nitrogens is 3. The molecule has 0 aliphatic carbocycles. The summed E-state index contributed by atoms with van der Waals surface area (Å²) in [5.41, 5.74) is 4.29. The standard InChI is InChI=1S/C35H35ClN6O4S/c1-20-19-40(30(44)15-14-29(43)24-8-12-27(46-5)13-9-24)16-17-41(20)31(45)18-28-34-39-38-23(4)42(34)35-32(21(2)22(3)47-35)33(37-28)25-6-10-26(36)11-7-25/h6-15,20,28H,16-19H2,1-5H3/b15-14+/t20-,28-/m0/s1. The molecule has 1 saturated heterocycles. The van der Waals surface area contributed by atoms with Crippen LogP contribution in [0, 0.1) is 20.8 Å². The minimum atomic E-state index is -0.576. The molecular formula is C35H35ClN6O4S. The predicted molar refractivity (Wildman–Crippen MR) is 182 cm³/mol. The van der Waals surface area contributed by atoms with Gasteiger partial charge in [0.25, 0.3) is 0 Å². The molecule has 0 radical (unpaired) electrons. The van der Waals surface area contributed by atoms with Crippen LogP contribution in [-0.4, -0.2) is 80.7 Å². The van der Waals surface area contributed by atoms with Crippen LogP contribution in [0.25, 0.3) is 5.00 Å². The van der Waals surface area contributed by atoms with Gasteiger partial charge in [0.15, 0.2) is 11.6 Å². The lowest BCUT2D eigenvalue weighted by Gasteiger charge is -2.39. The maximum atomic E-state index is 13.9. The molecule has 2 aliphatic heterocycles. The van der Waals surface area contributed by atoms with Gasteiger partial charge in [0, 0.05) is 58.3 Å². The highest BCUT2D eigenvalue weighted by molar-refractivity contribution is 7.15. The van der Waals surface area contributed by atoms with Gasteiger partial charge < -0.3 is 14.5 Å². The first-order chi connectivity index (χ1) is 22.5. The number of ketones is 1. The number of methoxy groups -OCH3 is 1. The minimum Gasteiger partial charge on any atom is -0.497 e. The summed E-state index contributed by atoms with van der Waals surface area (Å²) in [6.07, 6.45) is 2.68. The van der Waals surface area contributed by atoms with Crippen LogP contribution < -0.4 is 4.74 Å². The molecule has 0 unspecified atom stereocenters. The van der Waals surface area contributed by atoms with Crippen molar-refractivity contribution < 1.29 is 19.1 Å². The molecular weight excluding hydrogens is 636 g/mol. The first-order valence-electron chi connectivity index (χ1n) is 15.4. The Morgan fingerprint density at radius 1 is 1.00 bits per heavy atom. The summed E-state index contributed by atoms with van der Waals surface area (Å²) in [6, 6.07) is 13.5. The molecule has 2 atom stereocenters. The normalized spacial score (nSPS) is 17.6. The average Bonchev–Trinajstić information content (AvgIpc) is 3.55. The summed E-state index contributed by atoms with van der Waals surface area (Å²) in [6.45, 7) is 9.08. The zero-order chi connectivity index (χ0) is 33.4. The number of piperazine rings is 1. The number of fused-ring (bicyclic) bond motifs is 3. The number of carbonyl (C=O) groups excluding carboxylic acids is 3. The van der Waals surface area contributed by atoms with Gasteiger partial charge in [-0.2, -0.15) is 0 Å². The lowest BCUT2D eigenvalue weighted by atomic mass is 9.99. The Bertz CT molecular complexity index is 1910. The van der Waals surface area contributed by atoms with E-state index in [9.17, 15) is 14.4 Å². The summed E-state index contributed by atoms with van der Waals surface area (Å²) in [7, 11) is 1.56. The van der Waals surface area contributed by atoms with Crippen LogP contribution in [0.15, 0.2) is 65.7 Å². The molecule has 12 heteroatoms. The number of ether oxygens (including phenoxy) is 1. The molecule has 2 aromatic heterocycles. The number of benzene rings is 2. The molecule has 1 fully saturated rings. The van der Waals surface area contributed by atoms with E-state index in [-0.39, 0.29) is 30.1 Å². The van der Waals surface area contributed by atoms with Crippen molar-refractivity contribution in [2.45, 2.75) is 46.2 Å². The van der Waals surface area contributed by atoms with Crippen molar-refractivity contribution >= 4 is 46.2 Å². The topological polar surface area (TPSA) is 110 Å². The highest BCUT2D eigenvalue weighted by atomic mass is 35.5. The van der Waals surface area contributed by atoms with Gasteiger partial charge in [-0.3, -0.25) is 23.9 Å². The summed E-state index contributed by atoms with van der Waals surface area (Å²) in [5, 5.41) is 10.5. The van der Waals surface area contributed by atoms with Crippen molar-refractivity contribution in [3.63, 3.8) is 0 Å². The van der Waals surface area contributed by atoms with Gasteiger partial charge in [-0.1, -0.05) is 23.7 Å². The smallest absolute Gasteiger partial charge is 0.246 e. The molecule has 0 N–H and O–H groups in total. The molecule has 2 aliphatic rings. The number of rotatable bonds is 7. The van der Waals surface area contributed by atoms with Crippen LogP contribution in [0.5, 0.6) is 5.75 Å². The number of nitrogens with zero attached hydrogens (tertiary/aromatic N) is 6. The third kappa shape index (κ3) is 6.37. The second-order valence-electron chi connectivity index (χ2n) is 11.8. The molecule has 2 amide bonds. The van der Waals surface area contributed by atoms with Crippen molar-refractivity contribution in [1.29, 1.82) is 0 Å². The number of halogens is 1. The largest absolute Gasteiger partial charge is 0.497 e. The average molecular weight is 671 g/mol. The first-order valence-corrected chi connectivity index (χ1v) is 16.6. The van der Waals surface area contributed by atoms with Gasteiger partial charge in [-0.25, -0.2) is 0 Å². The molecule has 2 aromatic carbocycles. The van der Waals surface area contributed by atoms with E-state index in [0.717, 1.165) is 33.2 Å². The molecule has 4 heterocycles. The van der Waals surface area contributed by atoms with E-state index in [1.54, 1.807) is 52.5 Å². The molecule has 6 rings (SSSR count). The van der Waals surface area contributed by atoms with Crippen LogP contribution in [0.1, 0.15) is 63.0 Å². The van der Waals surface area contributed by atoms with Gasteiger partial charge >= 0.3 is 0 Å². The van der Waals surface area contributed by atoms with E-state index >= 15 is 0 Å².